The van der Waals surface area contributed by atoms with Crippen LogP contribution in [0.2, 0.25) is 0 Å². The summed E-state index contributed by atoms with van der Waals surface area (Å²) < 4.78 is 17.0. The van der Waals surface area contributed by atoms with Gasteiger partial charge in [0.05, 0.1) is 12.5 Å². The summed E-state index contributed by atoms with van der Waals surface area (Å²) in [6, 6.07) is 10.1. The molecule has 0 aliphatic carbocycles. The van der Waals surface area contributed by atoms with Crippen molar-refractivity contribution in [3.05, 3.63) is 155 Å². The Labute approximate surface area is 585 Å². The molecule has 7 heterocycles. The highest BCUT2D eigenvalue weighted by atomic mass is 16.6. The third-order valence-electron chi connectivity index (χ3n) is 18.0. The molecule has 0 spiro atoms. The number of oxazole rings is 1. The number of esters is 2. The number of ether oxygens (including phenoxy) is 2. The molecule has 8 amide bonds. The molecular formula is C73H89N11O17. The number of benzene rings is 2. The van der Waals surface area contributed by atoms with E-state index >= 15 is 0 Å². The fourth-order valence-electron chi connectivity index (χ4n) is 12.5. The summed E-state index contributed by atoms with van der Waals surface area (Å²) >= 11 is 0. The Bertz CT molecular complexity index is 3860. The highest BCUT2D eigenvalue weighted by Gasteiger charge is 2.46. The van der Waals surface area contributed by atoms with Gasteiger partial charge in [-0.25, -0.2) is 19.6 Å². The fourth-order valence-corrected chi connectivity index (χ4v) is 12.5. The van der Waals surface area contributed by atoms with Crippen molar-refractivity contribution < 1.29 is 81.6 Å². The number of carbonyl (C=O) groups is 12. The average molecular weight is 1390 g/mol. The van der Waals surface area contributed by atoms with Gasteiger partial charge in [-0.3, -0.25) is 47.9 Å². The number of cyclic esters (lactones) is 2. The summed E-state index contributed by atoms with van der Waals surface area (Å²) in [5.74, 6) is -8.40. The van der Waals surface area contributed by atoms with Crippen molar-refractivity contribution in [2.24, 2.45) is 11.8 Å². The first-order chi connectivity index (χ1) is 48.1. The second-order valence-electron chi connectivity index (χ2n) is 26.1. The van der Waals surface area contributed by atoms with E-state index in [1.807, 2.05) is 64.0 Å². The summed E-state index contributed by atoms with van der Waals surface area (Å²) in [4.78, 5) is 180. The van der Waals surface area contributed by atoms with E-state index in [4.69, 9.17) is 13.9 Å². The minimum absolute atomic E-state index is 0.0299. The molecule has 5 aliphatic heterocycles. The largest absolute Gasteiger partial charge is 0.505 e. The first-order valence-electron chi connectivity index (χ1n) is 33.8. The molecule has 5 aliphatic rings. The third kappa shape index (κ3) is 19.6. The van der Waals surface area contributed by atoms with Gasteiger partial charge in [0.15, 0.2) is 17.4 Å². The van der Waals surface area contributed by atoms with Crippen LogP contribution in [0.25, 0.3) is 0 Å². The van der Waals surface area contributed by atoms with Crippen LogP contribution in [0.5, 0.6) is 5.75 Å². The lowest BCUT2D eigenvalue weighted by molar-refractivity contribution is -0.157. The smallest absolute Gasteiger partial charge is 0.355 e. The molecule has 0 saturated carbocycles. The molecule has 6 N–H and O–H groups in total. The zero-order valence-electron chi connectivity index (χ0n) is 58.2. The van der Waals surface area contributed by atoms with E-state index in [0.29, 0.717) is 18.4 Å². The number of amides is 8. The number of aliphatic hydroxyl groups excluding tert-OH is 1. The molecule has 28 heteroatoms. The Balaban J connectivity index is 0.000000291. The predicted molar refractivity (Wildman–Crippen MR) is 366 cm³/mol. The van der Waals surface area contributed by atoms with Crippen LogP contribution in [-0.4, -0.2) is 206 Å². The maximum absolute atomic E-state index is 15.0. The summed E-state index contributed by atoms with van der Waals surface area (Å²) in [5.41, 5.74) is 2.26. The summed E-state index contributed by atoms with van der Waals surface area (Å²) in [6.45, 7) is 11.0. The van der Waals surface area contributed by atoms with E-state index in [-0.39, 0.29) is 123 Å². The number of hydrogen-bond acceptors (Lipinski definition) is 20. The van der Waals surface area contributed by atoms with Gasteiger partial charge in [-0.05, 0) is 86.9 Å². The number of Topliss-reactive ketones (excluding diaryl/α,β-unsaturated/α-hetero) is 2. The zero-order valence-corrected chi connectivity index (χ0v) is 58.2. The van der Waals surface area contributed by atoms with Crippen LogP contribution in [0, 0.1) is 11.8 Å². The Kier molecular flexibility index (Phi) is 26.3. The van der Waals surface area contributed by atoms with E-state index < -0.39 is 119 Å². The summed E-state index contributed by atoms with van der Waals surface area (Å²) in [6.07, 6.45) is 9.66. The molecule has 0 unspecified atom stereocenters. The van der Waals surface area contributed by atoms with Crippen LogP contribution in [0.3, 0.4) is 0 Å². The Morgan fingerprint density at radius 1 is 0.822 bits per heavy atom. The molecular weight excluding hydrogens is 1300 g/mol. The van der Waals surface area contributed by atoms with E-state index in [9.17, 15) is 67.7 Å². The van der Waals surface area contributed by atoms with Gasteiger partial charge in [0.2, 0.25) is 41.3 Å². The van der Waals surface area contributed by atoms with Gasteiger partial charge >= 0.3 is 11.9 Å². The number of rotatable bonds is 8. The van der Waals surface area contributed by atoms with Crippen LogP contribution >= 0.6 is 0 Å². The van der Waals surface area contributed by atoms with Crippen molar-refractivity contribution in [3.8, 4) is 5.75 Å². The molecule has 10 atom stereocenters. The number of allylic oxidation sites excluding steroid dienone is 2. The monoisotopic (exact) mass is 1390 g/mol. The SMILES string of the molecule is CC1=C[C@@H](O)CC(=O)Cc2nc(co2)C(=O)N2CCC=C2C(=O)O[C@H](C(C)C)[C@H](C)C=CC(=O)NCC=C1.CC[C@H]1NC(=O)[C@@H](NC(=O)c2ncccc2O)[C@@H](C)OC(=O)[C@H](c2ccccc2)NC(=O)[C@@H]2CC(=O)CCN2C(=O)[C@H](Cc2ccc(N(C)C)cc2)N(C)C(=O)[C@@H]2CCCN2C1=O. The number of aliphatic hydroxyl groups is 1. The van der Waals surface area contributed by atoms with E-state index in [2.05, 4.69) is 31.2 Å². The highest BCUT2D eigenvalue weighted by Crippen LogP contribution is 2.29. The number of likely N-dealkylation sites (N-methyl/N-ethyl adjacent to an activating group) is 1. The molecule has 9 rings (SSSR count). The summed E-state index contributed by atoms with van der Waals surface area (Å²) in [5, 5.41) is 31.2. The standard InChI is InChI=1S/C45H54N8O10.C28H35N3O7/c1-6-31-42(59)52-22-11-14-32(52)43(60)51(5)34(24-27-16-18-29(19-17-27)50(3)4)44(61)53-23-20-30(54)25-33(53)39(56)49-37(28-12-8-7-9-13-28)45(62)63-26(2)36(40(57)47-31)48-41(58)38-35(55)15-10-21-46-38;1-17(2)26-19(4)9-10-24(34)29-11-5-7-18(3)13-20(32)14-21(33)15-25-30-22(16-37-25)27(35)31-12-6-8-23(31)28(36)38-26/h7-10,12-13,15-19,21,26,31-34,36-37,55H,6,11,14,20,22-25H2,1-5H3,(H,47,57)(H,48,58)(H,49,56);5,7-10,13,16-17,19-20,26,32H,6,11-12,14-15H2,1-4H3,(H,29,34)/t26-,31-,32+,33+,34+,36+,37+;19-,20-,26-/m11/s1. The second kappa shape index (κ2) is 34.9. The number of nitrogens with zero attached hydrogens (tertiary/aromatic N) is 7. The lowest BCUT2D eigenvalue weighted by Gasteiger charge is -2.40. The number of aromatic nitrogens is 2. The van der Waals surface area contributed by atoms with Gasteiger partial charge in [-0.1, -0.05) is 106 Å². The van der Waals surface area contributed by atoms with Crippen LogP contribution in [-0.2, 0) is 70.3 Å². The molecule has 4 aromatic rings. The van der Waals surface area contributed by atoms with E-state index in [1.165, 1.54) is 58.0 Å². The lowest BCUT2D eigenvalue weighted by Crippen LogP contribution is -2.61. The Hall–Kier alpha value is -10.6. The van der Waals surface area contributed by atoms with E-state index in [0.717, 1.165) is 17.5 Å². The zero-order chi connectivity index (χ0) is 73.4. The molecule has 101 heavy (non-hydrogen) atoms. The van der Waals surface area contributed by atoms with Crippen LogP contribution in [0.4, 0.5) is 5.69 Å². The molecule has 3 saturated heterocycles. The number of aromatic hydroxyl groups is 1. The van der Waals surface area contributed by atoms with Crippen LogP contribution < -0.4 is 26.2 Å². The number of anilines is 1. The Morgan fingerprint density at radius 3 is 2.24 bits per heavy atom. The van der Waals surface area contributed by atoms with Gasteiger partial charge in [0.1, 0.15) is 71.7 Å². The quantitative estimate of drug-likeness (QED) is 0.136. The average Bonchev–Trinajstić information content (AvgIpc) is 1.79. The minimum Gasteiger partial charge on any atom is -0.505 e. The van der Waals surface area contributed by atoms with Crippen molar-refractivity contribution in [3.63, 3.8) is 0 Å². The first kappa shape index (κ1) is 76.1. The number of piperidine rings is 1. The number of carbonyl (C=O) groups excluding carboxylic acids is 12. The van der Waals surface area contributed by atoms with Crippen molar-refractivity contribution in [1.29, 1.82) is 0 Å². The molecule has 0 radical (unpaired) electrons. The van der Waals surface area contributed by atoms with Gasteiger partial charge < -0.3 is 69.9 Å². The van der Waals surface area contributed by atoms with Gasteiger partial charge in [0.25, 0.3) is 11.8 Å². The number of pyridine rings is 1. The molecule has 28 nitrogen and oxygen atoms in total. The second-order valence-corrected chi connectivity index (χ2v) is 26.1. The molecule has 3 fully saturated rings. The van der Waals surface area contributed by atoms with Crippen LogP contribution in [0.15, 0.2) is 131 Å². The van der Waals surface area contributed by atoms with Gasteiger partial charge in [-0.2, -0.15) is 0 Å². The number of fused-ring (bicyclic) bond motifs is 5. The topological polar surface area (TPSA) is 367 Å². The number of nitrogens with one attached hydrogen (secondary N) is 4. The van der Waals surface area contributed by atoms with Crippen molar-refractivity contribution in [2.45, 2.75) is 154 Å². The third-order valence-corrected chi connectivity index (χ3v) is 18.0. The number of hydrogen-bond donors (Lipinski definition) is 6. The van der Waals surface area contributed by atoms with Gasteiger partial charge in [-0.15, -0.1) is 0 Å². The molecule has 538 valence electrons. The maximum Gasteiger partial charge on any atom is 0.355 e. The molecule has 2 aromatic carbocycles. The minimum atomic E-state index is -1.68. The predicted octanol–water partition coefficient (Wildman–Crippen LogP) is 3.93. The lowest BCUT2D eigenvalue weighted by atomic mass is 9.94. The molecule has 2 aromatic heterocycles. The highest BCUT2D eigenvalue weighted by molar-refractivity contribution is 6.02. The van der Waals surface area contributed by atoms with Crippen molar-refractivity contribution >= 4 is 76.4 Å². The first-order valence-corrected chi connectivity index (χ1v) is 33.8. The fraction of sp³-hybridized carbons (Fsp3) is 0.452. The van der Waals surface area contributed by atoms with Gasteiger partial charge in [0, 0.05) is 90.8 Å². The Morgan fingerprint density at radius 2 is 1.54 bits per heavy atom. The van der Waals surface area contributed by atoms with E-state index in [1.54, 1.807) is 74.6 Å². The summed E-state index contributed by atoms with van der Waals surface area (Å²) in [7, 11) is 5.25. The normalized spacial score (nSPS) is 25.1. The van der Waals surface area contributed by atoms with Crippen LogP contribution in [0.1, 0.15) is 131 Å². The molecule has 2 bridgehead atoms. The number of ketones is 2. The maximum atomic E-state index is 15.0. The van der Waals surface area contributed by atoms with Crippen molar-refractivity contribution in [1.82, 2.24) is 50.8 Å². The van der Waals surface area contributed by atoms with Crippen molar-refractivity contribution in [2.75, 3.05) is 52.2 Å².